The first-order valence-corrected chi connectivity index (χ1v) is 6.72. The number of pyridine rings is 1. The van der Waals surface area contributed by atoms with E-state index in [4.69, 9.17) is 9.47 Å². The second-order valence-corrected chi connectivity index (χ2v) is 4.34. The first-order valence-electron chi connectivity index (χ1n) is 6.72. The van der Waals surface area contributed by atoms with Crippen LogP contribution < -0.4 is 9.64 Å². The number of carbonyl (C=O) groups is 1. The number of anilines is 1. The molecule has 0 saturated carbocycles. The molecule has 0 bridgehead atoms. The van der Waals surface area contributed by atoms with Gasteiger partial charge in [-0.15, -0.1) is 0 Å². The van der Waals surface area contributed by atoms with Crippen LogP contribution >= 0.6 is 0 Å². The Kier molecular flexibility index (Phi) is 5.15. The molecule has 21 heavy (non-hydrogen) atoms. The second kappa shape index (κ2) is 7.28. The Morgan fingerprint density at radius 2 is 2.00 bits per heavy atom. The lowest BCUT2D eigenvalue weighted by molar-refractivity contribution is 0.159. The van der Waals surface area contributed by atoms with Gasteiger partial charge in [0.05, 0.1) is 20.3 Å². The van der Waals surface area contributed by atoms with Gasteiger partial charge in [0.25, 0.3) is 0 Å². The van der Waals surface area contributed by atoms with E-state index in [2.05, 4.69) is 4.98 Å². The largest absolute Gasteiger partial charge is 0.497 e. The highest BCUT2D eigenvalue weighted by molar-refractivity contribution is 5.87. The summed E-state index contributed by atoms with van der Waals surface area (Å²) in [6.45, 7) is 2.52. The van der Waals surface area contributed by atoms with Crippen molar-refractivity contribution >= 4 is 11.8 Å². The van der Waals surface area contributed by atoms with E-state index >= 15 is 0 Å². The van der Waals surface area contributed by atoms with Gasteiger partial charge in [-0.2, -0.15) is 0 Å². The average molecular weight is 286 g/mol. The number of rotatable bonds is 5. The molecular weight excluding hydrogens is 268 g/mol. The van der Waals surface area contributed by atoms with Gasteiger partial charge in [0.1, 0.15) is 5.75 Å². The first-order chi connectivity index (χ1) is 10.2. The summed E-state index contributed by atoms with van der Waals surface area (Å²) in [7, 11) is 1.60. The SMILES string of the molecule is CCOC(=O)N(Cc1cccnc1)c1ccc(OC)cc1. The van der Waals surface area contributed by atoms with Crippen molar-refractivity contribution in [3.8, 4) is 5.75 Å². The molecule has 0 spiro atoms. The number of benzene rings is 1. The minimum atomic E-state index is -0.383. The quantitative estimate of drug-likeness (QED) is 0.846. The third kappa shape index (κ3) is 3.95. The molecule has 2 rings (SSSR count). The highest BCUT2D eigenvalue weighted by Crippen LogP contribution is 2.21. The minimum Gasteiger partial charge on any atom is -0.497 e. The van der Waals surface area contributed by atoms with Gasteiger partial charge in [-0.1, -0.05) is 6.07 Å². The van der Waals surface area contributed by atoms with Crippen molar-refractivity contribution < 1.29 is 14.3 Å². The molecule has 2 aromatic rings. The Labute approximate surface area is 124 Å². The molecule has 0 atom stereocenters. The van der Waals surface area contributed by atoms with Gasteiger partial charge in [-0.05, 0) is 42.8 Å². The maximum atomic E-state index is 12.2. The first kappa shape index (κ1) is 14.8. The zero-order valence-corrected chi connectivity index (χ0v) is 12.2. The Hall–Kier alpha value is -2.56. The molecule has 110 valence electrons. The molecule has 1 amide bonds. The van der Waals surface area contributed by atoms with Crippen molar-refractivity contribution in [1.29, 1.82) is 0 Å². The number of methoxy groups -OCH3 is 1. The number of hydrogen-bond acceptors (Lipinski definition) is 4. The molecule has 5 heteroatoms. The molecule has 1 aromatic carbocycles. The Morgan fingerprint density at radius 3 is 2.57 bits per heavy atom. The molecule has 5 nitrogen and oxygen atoms in total. The van der Waals surface area contributed by atoms with Crippen molar-refractivity contribution in [3.63, 3.8) is 0 Å². The molecule has 0 aliphatic rings. The molecule has 0 N–H and O–H groups in total. The van der Waals surface area contributed by atoms with E-state index in [1.165, 1.54) is 0 Å². The lowest BCUT2D eigenvalue weighted by atomic mass is 10.2. The average Bonchev–Trinajstić information content (AvgIpc) is 2.54. The van der Waals surface area contributed by atoms with Gasteiger partial charge in [-0.3, -0.25) is 9.88 Å². The zero-order chi connectivity index (χ0) is 15.1. The van der Waals surface area contributed by atoms with Crippen LogP contribution in [0, 0.1) is 0 Å². The van der Waals surface area contributed by atoms with Crippen molar-refractivity contribution in [2.24, 2.45) is 0 Å². The van der Waals surface area contributed by atoms with Crippen molar-refractivity contribution in [1.82, 2.24) is 4.98 Å². The van der Waals surface area contributed by atoms with Crippen LogP contribution in [-0.2, 0) is 11.3 Å². The van der Waals surface area contributed by atoms with Crippen LogP contribution in [0.2, 0.25) is 0 Å². The lowest BCUT2D eigenvalue weighted by Gasteiger charge is -2.22. The number of aromatic nitrogens is 1. The van der Waals surface area contributed by atoms with Crippen LogP contribution in [0.5, 0.6) is 5.75 Å². The zero-order valence-electron chi connectivity index (χ0n) is 12.2. The molecule has 0 fully saturated rings. The van der Waals surface area contributed by atoms with Gasteiger partial charge in [0.2, 0.25) is 0 Å². The monoisotopic (exact) mass is 286 g/mol. The van der Waals surface area contributed by atoms with Crippen LogP contribution in [-0.4, -0.2) is 24.8 Å². The van der Waals surface area contributed by atoms with E-state index in [0.717, 1.165) is 17.0 Å². The van der Waals surface area contributed by atoms with Crippen LogP contribution in [0.15, 0.2) is 48.8 Å². The van der Waals surface area contributed by atoms with Crippen molar-refractivity contribution in [2.45, 2.75) is 13.5 Å². The minimum absolute atomic E-state index is 0.332. The van der Waals surface area contributed by atoms with Crippen LogP contribution in [0.3, 0.4) is 0 Å². The topological polar surface area (TPSA) is 51.7 Å². The predicted octanol–water partition coefficient (Wildman–Crippen LogP) is 3.25. The van der Waals surface area contributed by atoms with E-state index < -0.39 is 0 Å². The Bertz CT molecular complexity index is 570. The number of ether oxygens (including phenoxy) is 2. The third-order valence-electron chi connectivity index (χ3n) is 2.94. The fraction of sp³-hybridized carbons (Fsp3) is 0.250. The van der Waals surface area contributed by atoms with Crippen LogP contribution in [0.4, 0.5) is 10.5 Å². The van der Waals surface area contributed by atoms with Crippen LogP contribution in [0.25, 0.3) is 0 Å². The number of nitrogens with zero attached hydrogens (tertiary/aromatic N) is 2. The van der Waals surface area contributed by atoms with Gasteiger partial charge in [-0.25, -0.2) is 4.79 Å². The summed E-state index contributed by atoms with van der Waals surface area (Å²) in [5.41, 5.74) is 1.68. The van der Waals surface area contributed by atoms with E-state index in [9.17, 15) is 4.79 Å². The summed E-state index contributed by atoms with van der Waals surface area (Å²) in [5, 5.41) is 0. The molecular formula is C16H18N2O3. The van der Waals surface area contributed by atoms with E-state index in [-0.39, 0.29) is 6.09 Å². The van der Waals surface area contributed by atoms with Gasteiger partial charge >= 0.3 is 6.09 Å². The maximum Gasteiger partial charge on any atom is 0.414 e. The number of amides is 1. The van der Waals surface area contributed by atoms with E-state index in [0.29, 0.717) is 13.2 Å². The van der Waals surface area contributed by atoms with Gasteiger partial charge < -0.3 is 9.47 Å². The summed E-state index contributed by atoms with van der Waals surface area (Å²) in [4.78, 5) is 17.8. The van der Waals surface area contributed by atoms with Crippen LogP contribution in [0.1, 0.15) is 12.5 Å². The fourth-order valence-corrected chi connectivity index (χ4v) is 1.90. The third-order valence-corrected chi connectivity index (χ3v) is 2.94. The number of carbonyl (C=O) groups excluding carboxylic acids is 1. The lowest BCUT2D eigenvalue weighted by Crippen LogP contribution is -2.31. The Morgan fingerprint density at radius 1 is 1.24 bits per heavy atom. The van der Waals surface area contributed by atoms with Crippen molar-refractivity contribution in [3.05, 3.63) is 54.4 Å². The summed E-state index contributed by atoms with van der Waals surface area (Å²) in [5.74, 6) is 0.740. The number of hydrogen-bond donors (Lipinski definition) is 0. The predicted molar refractivity (Wildman–Crippen MR) is 80.4 cm³/mol. The molecule has 0 aliphatic carbocycles. The highest BCUT2D eigenvalue weighted by atomic mass is 16.6. The molecule has 0 aliphatic heterocycles. The fourth-order valence-electron chi connectivity index (χ4n) is 1.90. The summed E-state index contributed by atoms with van der Waals surface area (Å²) in [6.07, 6.45) is 3.05. The summed E-state index contributed by atoms with van der Waals surface area (Å²) in [6, 6.07) is 11.0. The smallest absolute Gasteiger partial charge is 0.414 e. The van der Waals surface area contributed by atoms with Gasteiger partial charge in [0.15, 0.2) is 0 Å². The summed E-state index contributed by atoms with van der Waals surface area (Å²) >= 11 is 0. The molecule has 0 unspecified atom stereocenters. The van der Waals surface area contributed by atoms with Gasteiger partial charge in [0, 0.05) is 18.1 Å². The molecule has 0 radical (unpaired) electrons. The molecule has 1 heterocycles. The molecule has 1 aromatic heterocycles. The van der Waals surface area contributed by atoms with E-state index in [1.54, 1.807) is 31.3 Å². The standard InChI is InChI=1S/C16H18N2O3/c1-3-21-16(19)18(12-13-5-4-10-17-11-13)14-6-8-15(20-2)9-7-14/h4-11H,3,12H2,1-2H3. The molecule has 0 saturated heterocycles. The maximum absolute atomic E-state index is 12.2. The second-order valence-electron chi connectivity index (χ2n) is 4.34. The normalized spacial score (nSPS) is 10.0. The Balaban J connectivity index is 2.24. The summed E-state index contributed by atoms with van der Waals surface area (Å²) < 4.78 is 10.3. The van der Waals surface area contributed by atoms with E-state index in [1.807, 2.05) is 36.4 Å². The van der Waals surface area contributed by atoms with Crippen molar-refractivity contribution in [2.75, 3.05) is 18.6 Å². The highest BCUT2D eigenvalue weighted by Gasteiger charge is 2.17.